The van der Waals surface area contributed by atoms with Crippen LogP contribution in [0.3, 0.4) is 0 Å². The fraction of sp³-hybridized carbons (Fsp3) is 0.100. The van der Waals surface area contributed by atoms with Gasteiger partial charge in [-0.2, -0.15) is 0 Å². The first kappa shape index (κ1) is 16.9. The maximum absolute atomic E-state index is 13.1. The molecule has 130 valence electrons. The monoisotopic (exact) mass is 384 g/mol. The van der Waals surface area contributed by atoms with Crippen LogP contribution in [0.5, 0.6) is 0 Å². The Labute approximate surface area is 158 Å². The molecule has 0 bridgehead atoms. The average molecular weight is 385 g/mol. The number of hydrogen-bond acceptors (Lipinski definition) is 3. The van der Waals surface area contributed by atoms with Crippen LogP contribution in [-0.4, -0.2) is 17.9 Å². The van der Waals surface area contributed by atoms with E-state index in [4.69, 9.17) is 11.6 Å². The lowest BCUT2D eigenvalue weighted by Crippen LogP contribution is -2.25. The molecule has 3 nitrogen and oxygen atoms in total. The van der Waals surface area contributed by atoms with E-state index < -0.39 is 0 Å². The highest BCUT2D eigenvalue weighted by Gasteiger charge is 2.19. The molecule has 0 saturated heterocycles. The lowest BCUT2D eigenvalue weighted by molar-refractivity contribution is 0.0997. The second-order valence-electron chi connectivity index (χ2n) is 6.12. The van der Waals surface area contributed by atoms with Crippen molar-refractivity contribution >= 4 is 55.5 Å². The predicted octanol–water partition coefficient (Wildman–Crippen LogP) is 5.83. The van der Waals surface area contributed by atoms with Gasteiger partial charge < -0.3 is 4.90 Å². The van der Waals surface area contributed by atoms with Crippen LogP contribution < -0.4 is 4.90 Å². The minimum atomic E-state index is -0.337. The normalized spacial score (nSPS) is 11.2. The standard InChI is InChI=1S/C20H14ClFN2OS/c1-11-3-8-16-14(9-11)18-15(19(21)23-16)10-17(26-18)20(25)24(2)13-6-4-12(22)5-7-13/h3-10H,1-2H3. The van der Waals surface area contributed by atoms with Crippen molar-refractivity contribution in [2.45, 2.75) is 6.92 Å². The summed E-state index contributed by atoms with van der Waals surface area (Å²) in [4.78, 5) is 19.4. The summed E-state index contributed by atoms with van der Waals surface area (Å²) in [5, 5.41) is 2.14. The van der Waals surface area contributed by atoms with E-state index in [1.807, 2.05) is 19.1 Å². The lowest BCUT2D eigenvalue weighted by Gasteiger charge is -2.16. The Kier molecular flexibility index (Phi) is 4.13. The molecule has 0 aliphatic heterocycles. The first-order valence-corrected chi connectivity index (χ1v) is 9.16. The molecule has 26 heavy (non-hydrogen) atoms. The summed E-state index contributed by atoms with van der Waals surface area (Å²) in [6.45, 7) is 2.02. The number of nitrogens with zero attached hydrogens (tertiary/aromatic N) is 2. The molecule has 1 amide bonds. The molecule has 4 aromatic rings. The number of pyridine rings is 1. The van der Waals surface area contributed by atoms with Gasteiger partial charge >= 0.3 is 0 Å². The zero-order valence-corrected chi connectivity index (χ0v) is 15.7. The van der Waals surface area contributed by atoms with Gasteiger partial charge in [-0.25, -0.2) is 9.37 Å². The fourth-order valence-corrected chi connectivity index (χ4v) is 4.35. The van der Waals surface area contributed by atoms with Crippen LogP contribution in [0.4, 0.5) is 10.1 Å². The van der Waals surface area contributed by atoms with E-state index in [0.717, 1.165) is 26.6 Å². The second-order valence-corrected chi connectivity index (χ2v) is 7.53. The molecule has 0 fully saturated rings. The molecule has 0 atom stereocenters. The van der Waals surface area contributed by atoms with Gasteiger partial charge in [0, 0.05) is 28.2 Å². The van der Waals surface area contributed by atoms with Crippen LogP contribution in [0, 0.1) is 12.7 Å². The van der Waals surface area contributed by atoms with Crippen LogP contribution in [0.2, 0.25) is 5.15 Å². The maximum Gasteiger partial charge on any atom is 0.268 e. The van der Waals surface area contributed by atoms with Gasteiger partial charge in [-0.15, -0.1) is 11.3 Å². The number of halogens is 2. The number of aryl methyl sites for hydroxylation is 1. The quantitative estimate of drug-likeness (QED) is 0.407. The topological polar surface area (TPSA) is 33.2 Å². The molecule has 6 heteroatoms. The molecule has 0 N–H and O–H groups in total. The Balaban J connectivity index is 1.83. The Morgan fingerprint density at radius 3 is 2.58 bits per heavy atom. The summed E-state index contributed by atoms with van der Waals surface area (Å²) < 4.78 is 14.1. The molecule has 4 rings (SSSR count). The van der Waals surface area contributed by atoms with E-state index in [1.54, 1.807) is 25.2 Å². The molecular weight excluding hydrogens is 371 g/mol. The van der Waals surface area contributed by atoms with Gasteiger partial charge in [0.2, 0.25) is 0 Å². The van der Waals surface area contributed by atoms with E-state index in [9.17, 15) is 9.18 Å². The van der Waals surface area contributed by atoms with Crippen LogP contribution in [0.1, 0.15) is 15.2 Å². The molecular formula is C20H14ClFN2OS. The van der Waals surface area contributed by atoms with Gasteiger partial charge in [0.1, 0.15) is 11.0 Å². The highest BCUT2D eigenvalue weighted by molar-refractivity contribution is 7.22. The summed E-state index contributed by atoms with van der Waals surface area (Å²) in [5.41, 5.74) is 2.55. The molecule has 0 spiro atoms. The summed E-state index contributed by atoms with van der Waals surface area (Å²) in [7, 11) is 1.67. The van der Waals surface area contributed by atoms with E-state index in [0.29, 0.717) is 15.7 Å². The fourth-order valence-electron chi connectivity index (χ4n) is 2.89. The van der Waals surface area contributed by atoms with Crippen molar-refractivity contribution in [2.75, 3.05) is 11.9 Å². The molecule has 0 unspecified atom stereocenters. The van der Waals surface area contributed by atoms with E-state index in [2.05, 4.69) is 11.1 Å². The van der Waals surface area contributed by atoms with Crippen molar-refractivity contribution in [2.24, 2.45) is 0 Å². The van der Waals surface area contributed by atoms with Crippen molar-refractivity contribution in [3.63, 3.8) is 0 Å². The number of thiophene rings is 1. The zero-order valence-electron chi connectivity index (χ0n) is 14.1. The number of rotatable bonds is 2. The number of fused-ring (bicyclic) bond motifs is 3. The van der Waals surface area contributed by atoms with Crippen molar-refractivity contribution in [3.8, 4) is 0 Å². The molecule has 2 aromatic heterocycles. The molecule has 0 aliphatic rings. The summed E-state index contributed by atoms with van der Waals surface area (Å²) >= 11 is 7.73. The van der Waals surface area contributed by atoms with Gasteiger partial charge in [0.15, 0.2) is 0 Å². The van der Waals surface area contributed by atoms with Gasteiger partial charge in [-0.1, -0.05) is 23.2 Å². The Morgan fingerprint density at radius 2 is 1.85 bits per heavy atom. The lowest BCUT2D eigenvalue weighted by atomic mass is 10.1. The number of benzene rings is 2. The Morgan fingerprint density at radius 1 is 1.12 bits per heavy atom. The first-order valence-electron chi connectivity index (χ1n) is 7.97. The number of amides is 1. The molecule has 0 aliphatic carbocycles. The van der Waals surface area contributed by atoms with Crippen molar-refractivity contribution in [3.05, 3.63) is 69.9 Å². The van der Waals surface area contributed by atoms with E-state index in [1.165, 1.54) is 28.4 Å². The summed E-state index contributed by atoms with van der Waals surface area (Å²) in [6, 6.07) is 13.6. The Bertz CT molecular complexity index is 1150. The highest BCUT2D eigenvalue weighted by atomic mass is 35.5. The maximum atomic E-state index is 13.1. The number of aromatic nitrogens is 1. The second kappa shape index (κ2) is 6.34. The number of carbonyl (C=O) groups is 1. The zero-order chi connectivity index (χ0) is 18.4. The van der Waals surface area contributed by atoms with Gasteiger partial charge in [-0.05, 0) is 49.4 Å². The third kappa shape index (κ3) is 2.83. The van der Waals surface area contributed by atoms with Crippen molar-refractivity contribution < 1.29 is 9.18 Å². The average Bonchev–Trinajstić information content (AvgIpc) is 3.08. The van der Waals surface area contributed by atoms with Crippen LogP contribution in [-0.2, 0) is 0 Å². The SMILES string of the molecule is Cc1ccc2nc(Cl)c3cc(C(=O)N(C)c4ccc(F)cc4)sc3c2c1. The number of anilines is 1. The van der Waals surface area contributed by atoms with E-state index in [-0.39, 0.29) is 11.7 Å². The minimum Gasteiger partial charge on any atom is -0.311 e. The van der Waals surface area contributed by atoms with Crippen LogP contribution in [0.15, 0.2) is 48.5 Å². The van der Waals surface area contributed by atoms with Gasteiger partial charge in [0.05, 0.1) is 10.4 Å². The number of carbonyl (C=O) groups excluding carboxylic acids is 1. The van der Waals surface area contributed by atoms with Crippen molar-refractivity contribution in [1.82, 2.24) is 4.98 Å². The molecule has 2 aromatic carbocycles. The molecule has 2 heterocycles. The van der Waals surface area contributed by atoms with Gasteiger partial charge in [-0.3, -0.25) is 4.79 Å². The van der Waals surface area contributed by atoms with Gasteiger partial charge in [0.25, 0.3) is 5.91 Å². The third-order valence-electron chi connectivity index (χ3n) is 4.30. The first-order chi connectivity index (χ1) is 12.4. The molecule has 0 saturated carbocycles. The van der Waals surface area contributed by atoms with Crippen LogP contribution >= 0.6 is 22.9 Å². The predicted molar refractivity (Wildman–Crippen MR) is 106 cm³/mol. The number of hydrogen-bond donors (Lipinski definition) is 0. The van der Waals surface area contributed by atoms with Crippen LogP contribution in [0.25, 0.3) is 21.0 Å². The summed E-state index contributed by atoms with van der Waals surface area (Å²) in [6.07, 6.45) is 0. The van der Waals surface area contributed by atoms with E-state index >= 15 is 0 Å². The molecule has 0 radical (unpaired) electrons. The Hall–Kier alpha value is -2.50. The minimum absolute atomic E-state index is 0.172. The smallest absolute Gasteiger partial charge is 0.268 e. The largest absolute Gasteiger partial charge is 0.311 e. The highest BCUT2D eigenvalue weighted by Crippen LogP contribution is 2.36. The van der Waals surface area contributed by atoms with Crippen molar-refractivity contribution in [1.29, 1.82) is 0 Å². The summed E-state index contributed by atoms with van der Waals surface area (Å²) in [5.74, 6) is -0.508. The third-order valence-corrected chi connectivity index (χ3v) is 5.74.